The lowest BCUT2D eigenvalue weighted by atomic mass is 10.2. The molecule has 0 bridgehead atoms. The van der Waals surface area contributed by atoms with Gasteiger partial charge >= 0.3 is 0 Å². The van der Waals surface area contributed by atoms with Crippen molar-refractivity contribution in [3.63, 3.8) is 0 Å². The summed E-state index contributed by atoms with van der Waals surface area (Å²) in [6, 6.07) is 21.6. The van der Waals surface area contributed by atoms with E-state index >= 15 is 0 Å². The number of non-ortho nitro benzene ring substituents is 1. The van der Waals surface area contributed by atoms with Crippen LogP contribution in [0.4, 0.5) is 11.4 Å². The molecule has 4 rings (SSSR count). The third-order valence-electron chi connectivity index (χ3n) is 4.30. The number of nitrogens with zero attached hydrogens (tertiary/aromatic N) is 3. The topological polar surface area (TPSA) is 90.1 Å². The van der Waals surface area contributed by atoms with Gasteiger partial charge in [-0.05, 0) is 48.5 Å². The molecule has 1 heterocycles. The third kappa shape index (κ3) is 4.27. The number of para-hydroxylation sites is 2. The van der Waals surface area contributed by atoms with Crippen LogP contribution >= 0.6 is 11.8 Å². The van der Waals surface area contributed by atoms with Crippen molar-refractivity contribution in [2.24, 2.45) is 0 Å². The molecule has 8 heteroatoms. The highest BCUT2D eigenvalue weighted by Crippen LogP contribution is 2.22. The first-order chi connectivity index (χ1) is 14.1. The molecule has 0 unspecified atom stereocenters. The van der Waals surface area contributed by atoms with E-state index in [1.807, 2.05) is 53.1 Å². The fourth-order valence-corrected chi connectivity index (χ4v) is 3.58. The highest BCUT2D eigenvalue weighted by molar-refractivity contribution is 8.00. The van der Waals surface area contributed by atoms with Crippen molar-refractivity contribution in [1.82, 2.24) is 9.55 Å². The first-order valence-corrected chi connectivity index (χ1v) is 9.78. The number of nitro benzene ring substituents is 1. The molecule has 0 aliphatic heterocycles. The lowest BCUT2D eigenvalue weighted by Gasteiger charge is -2.08. The van der Waals surface area contributed by atoms with Gasteiger partial charge in [-0.15, -0.1) is 11.8 Å². The summed E-state index contributed by atoms with van der Waals surface area (Å²) in [6.07, 6.45) is 1.78. The van der Waals surface area contributed by atoms with Crippen molar-refractivity contribution in [2.45, 2.75) is 4.90 Å². The number of rotatable bonds is 6. The molecule has 0 aliphatic carbocycles. The van der Waals surface area contributed by atoms with Crippen molar-refractivity contribution in [3.05, 3.63) is 89.2 Å². The van der Waals surface area contributed by atoms with Crippen molar-refractivity contribution < 1.29 is 9.72 Å². The highest BCUT2D eigenvalue weighted by atomic mass is 32.2. The minimum atomic E-state index is -0.447. The number of amides is 1. The maximum Gasteiger partial charge on any atom is 0.269 e. The molecule has 0 saturated carbocycles. The molecule has 0 spiro atoms. The predicted octanol–water partition coefficient (Wildman–Crippen LogP) is 4.66. The third-order valence-corrected chi connectivity index (χ3v) is 5.31. The van der Waals surface area contributed by atoms with Crippen LogP contribution in [0, 0.1) is 10.1 Å². The monoisotopic (exact) mass is 404 g/mol. The van der Waals surface area contributed by atoms with E-state index in [0.29, 0.717) is 5.69 Å². The second-order valence-corrected chi connectivity index (χ2v) is 7.29. The molecule has 144 valence electrons. The van der Waals surface area contributed by atoms with Crippen LogP contribution in [0.3, 0.4) is 0 Å². The normalized spacial score (nSPS) is 10.8. The average Bonchev–Trinajstić information content (AvgIpc) is 3.17. The Morgan fingerprint density at radius 3 is 2.48 bits per heavy atom. The molecule has 29 heavy (non-hydrogen) atoms. The van der Waals surface area contributed by atoms with Gasteiger partial charge < -0.3 is 5.32 Å². The molecular weight excluding hydrogens is 388 g/mol. The Balaban J connectivity index is 1.37. The van der Waals surface area contributed by atoms with Gasteiger partial charge in [-0.2, -0.15) is 0 Å². The number of imidazole rings is 1. The zero-order chi connectivity index (χ0) is 20.2. The molecule has 0 fully saturated rings. The van der Waals surface area contributed by atoms with Gasteiger partial charge in [0.25, 0.3) is 5.69 Å². The van der Waals surface area contributed by atoms with Crippen LogP contribution in [-0.2, 0) is 4.79 Å². The smallest absolute Gasteiger partial charge is 0.269 e. The zero-order valence-corrected chi connectivity index (χ0v) is 16.0. The number of thioether (sulfide) groups is 1. The van der Waals surface area contributed by atoms with E-state index in [1.165, 1.54) is 23.9 Å². The Hall–Kier alpha value is -3.65. The maximum atomic E-state index is 12.2. The Labute approximate surface area is 170 Å². The quantitative estimate of drug-likeness (QED) is 0.287. The summed E-state index contributed by atoms with van der Waals surface area (Å²) in [6.45, 7) is 0. The summed E-state index contributed by atoms with van der Waals surface area (Å²) < 4.78 is 1.99. The Morgan fingerprint density at radius 1 is 1.03 bits per heavy atom. The summed E-state index contributed by atoms with van der Waals surface area (Å²) in [5, 5.41) is 13.5. The van der Waals surface area contributed by atoms with Gasteiger partial charge in [0.1, 0.15) is 6.33 Å². The fraction of sp³-hybridized carbons (Fsp3) is 0.0476. The van der Waals surface area contributed by atoms with Crippen LogP contribution in [0.15, 0.2) is 84.0 Å². The Morgan fingerprint density at radius 2 is 1.76 bits per heavy atom. The van der Waals surface area contributed by atoms with E-state index in [4.69, 9.17) is 0 Å². The Kier molecular flexibility index (Phi) is 5.26. The van der Waals surface area contributed by atoms with Crippen LogP contribution < -0.4 is 5.32 Å². The fourth-order valence-electron chi connectivity index (χ4n) is 2.88. The van der Waals surface area contributed by atoms with Crippen LogP contribution in [-0.4, -0.2) is 26.1 Å². The van der Waals surface area contributed by atoms with E-state index < -0.39 is 4.92 Å². The van der Waals surface area contributed by atoms with Gasteiger partial charge in [0, 0.05) is 28.4 Å². The lowest BCUT2D eigenvalue weighted by Crippen LogP contribution is -2.13. The number of aromatic nitrogens is 2. The molecule has 0 aliphatic rings. The van der Waals surface area contributed by atoms with Crippen molar-refractivity contribution in [2.75, 3.05) is 11.1 Å². The van der Waals surface area contributed by atoms with Crippen molar-refractivity contribution >= 4 is 40.1 Å². The van der Waals surface area contributed by atoms with Crippen LogP contribution in [0.5, 0.6) is 0 Å². The second kappa shape index (κ2) is 8.15. The van der Waals surface area contributed by atoms with Crippen molar-refractivity contribution in [1.29, 1.82) is 0 Å². The molecule has 0 radical (unpaired) electrons. The number of anilines is 1. The summed E-state index contributed by atoms with van der Waals surface area (Å²) in [4.78, 5) is 27.6. The largest absolute Gasteiger partial charge is 0.325 e. The van der Waals surface area contributed by atoms with E-state index in [0.717, 1.165) is 21.6 Å². The molecule has 1 N–H and O–H groups in total. The minimum absolute atomic E-state index is 0.0320. The molecule has 0 saturated heterocycles. The van der Waals surface area contributed by atoms with E-state index in [9.17, 15) is 14.9 Å². The number of hydrogen-bond acceptors (Lipinski definition) is 5. The SMILES string of the molecule is O=C(CSc1ccc([N+](=O)[O-])cc1)Nc1ccc(-n2cnc3ccccc32)cc1. The average molecular weight is 404 g/mol. The number of nitro groups is 1. The highest BCUT2D eigenvalue weighted by Gasteiger charge is 2.08. The van der Waals surface area contributed by atoms with Gasteiger partial charge in [-0.1, -0.05) is 12.1 Å². The second-order valence-electron chi connectivity index (χ2n) is 6.24. The molecular formula is C21H16N4O3S. The number of hydrogen-bond donors (Lipinski definition) is 1. The molecule has 1 aromatic heterocycles. The van der Waals surface area contributed by atoms with Gasteiger partial charge in [-0.3, -0.25) is 19.5 Å². The minimum Gasteiger partial charge on any atom is -0.325 e. The van der Waals surface area contributed by atoms with Gasteiger partial charge in [0.15, 0.2) is 0 Å². The van der Waals surface area contributed by atoms with Crippen LogP contribution in [0.25, 0.3) is 16.7 Å². The van der Waals surface area contributed by atoms with E-state index in [1.54, 1.807) is 18.5 Å². The van der Waals surface area contributed by atoms with Crippen molar-refractivity contribution in [3.8, 4) is 5.69 Å². The van der Waals surface area contributed by atoms with Gasteiger partial charge in [0.05, 0.1) is 21.7 Å². The molecule has 1 amide bonds. The van der Waals surface area contributed by atoms with E-state index in [2.05, 4.69) is 10.3 Å². The Bertz CT molecular complexity index is 1170. The van der Waals surface area contributed by atoms with Crippen LogP contribution in [0.1, 0.15) is 0 Å². The molecule has 3 aromatic carbocycles. The molecule has 4 aromatic rings. The summed E-state index contributed by atoms with van der Waals surface area (Å²) in [5.74, 6) is 0.0697. The number of nitrogens with one attached hydrogen (secondary N) is 1. The maximum absolute atomic E-state index is 12.2. The zero-order valence-electron chi connectivity index (χ0n) is 15.2. The first kappa shape index (κ1) is 18.7. The predicted molar refractivity (Wildman–Crippen MR) is 114 cm³/mol. The standard InChI is InChI=1S/C21H16N4O3S/c26-21(13-29-18-11-9-17(10-12-18)25(27)28)23-15-5-7-16(8-6-15)24-14-22-19-3-1-2-4-20(19)24/h1-12,14H,13H2,(H,23,26). The lowest BCUT2D eigenvalue weighted by molar-refractivity contribution is -0.384. The number of carbonyl (C=O) groups excluding carboxylic acids is 1. The van der Waals surface area contributed by atoms with Crippen LogP contribution in [0.2, 0.25) is 0 Å². The van der Waals surface area contributed by atoms with Gasteiger partial charge in [-0.25, -0.2) is 4.98 Å². The van der Waals surface area contributed by atoms with Gasteiger partial charge in [0.2, 0.25) is 5.91 Å². The number of fused-ring (bicyclic) bond motifs is 1. The summed E-state index contributed by atoms with van der Waals surface area (Å²) in [5.41, 5.74) is 3.63. The molecule has 0 atom stereocenters. The first-order valence-electron chi connectivity index (χ1n) is 8.80. The molecule has 7 nitrogen and oxygen atoms in total. The number of carbonyl (C=O) groups is 1. The number of benzene rings is 3. The summed E-state index contributed by atoms with van der Waals surface area (Å²) >= 11 is 1.32. The summed E-state index contributed by atoms with van der Waals surface area (Å²) in [7, 11) is 0. The van der Waals surface area contributed by atoms with E-state index in [-0.39, 0.29) is 17.3 Å².